The van der Waals surface area contributed by atoms with Gasteiger partial charge in [-0.05, 0) is 40.5 Å². The molecule has 3 heteroatoms. The third-order valence-electron chi connectivity index (χ3n) is 4.06. The van der Waals surface area contributed by atoms with Gasteiger partial charge in [0.1, 0.15) is 5.75 Å². The van der Waals surface area contributed by atoms with Crippen molar-refractivity contribution in [3.63, 3.8) is 0 Å². The number of methoxy groups -OCH3 is 1. The van der Waals surface area contributed by atoms with E-state index in [1.165, 1.54) is 10.9 Å². The Morgan fingerprint density at radius 3 is 2.50 bits per heavy atom. The quantitative estimate of drug-likeness (QED) is 0.751. The molecular formula is C21H21NO2. The van der Waals surface area contributed by atoms with Crippen molar-refractivity contribution in [3.8, 4) is 5.75 Å². The zero-order valence-electron chi connectivity index (χ0n) is 13.8. The van der Waals surface area contributed by atoms with Crippen LogP contribution in [0.1, 0.15) is 11.1 Å². The summed E-state index contributed by atoms with van der Waals surface area (Å²) in [5, 5.41) is 5.33. The molecule has 0 saturated heterocycles. The van der Waals surface area contributed by atoms with Gasteiger partial charge in [-0.25, -0.2) is 0 Å². The highest BCUT2D eigenvalue weighted by molar-refractivity contribution is 5.84. The van der Waals surface area contributed by atoms with Gasteiger partial charge in [-0.2, -0.15) is 0 Å². The molecule has 0 aliphatic heterocycles. The zero-order valence-corrected chi connectivity index (χ0v) is 13.8. The number of amides is 1. The van der Waals surface area contributed by atoms with E-state index in [-0.39, 0.29) is 5.91 Å². The van der Waals surface area contributed by atoms with Crippen LogP contribution in [0.3, 0.4) is 0 Å². The lowest BCUT2D eigenvalue weighted by molar-refractivity contribution is -0.120. The van der Waals surface area contributed by atoms with Gasteiger partial charge in [-0.15, -0.1) is 0 Å². The average molecular weight is 319 g/mol. The number of carbonyl (C=O) groups is 1. The third kappa shape index (κ3) is 4.13. The van der Waals surface area contributed by atoms with E-state index in [1.54, 1.807) is 7.11 Å². The number of ether oxygens (including phenoxy) is 1. The second-order valence-corrected chi connectivity index (χ2v) is 5.81. The topological polar surface area (TPSA) is 38.3 Å². The van der Waals surface area contributed by atoms with Gasteiger partial charge in [0.15, 0.2) is 0 Å². The molecule has 3 aromatic carbocycles. The fourth-order valence-corrected chi connectivity index (χ4v) is 2.75. The monoisotopic (exact) mass is 319 g/mol. The fourth-order valence-electron chi connectivity index (χ4n) is 2.75. The summed E-state index contributed by atoms with van der Waals surface area (Å²) in [6.07, 6.45) is 1.24. The molecule has 3 nitrogen and oxygen atoms in total. The van der Waals surface area contributed by atoms with E-state index in [9.17, 15) is 4.79 Å². The lowest BCUT2D eigenvalue weighted by atomic mass is 10.0. The van der Waals surface area contributed by atoms with Crippen molar-refractivity contribution in [2.45, 2.75) is 12.8 Å². The van der Waals surface area contributed by atoms with Gasteiger partial charge >= 0.3 is 0 Å². The Morgan fingerprint density at radius 1 is 0.917 bits per heavy atom. The summed E-state index contributed by atoms with van der Waals surface area (Å²) in [5.41, 5.74) is 2.24. The SMILES string of the molecule is COc1ccc2ccc(CCNC(=O)Cc3ccccc3)cc2c1. The molecular weight excluding hydrogens is 298 g/mol. The van der Waals surface area contributed by atoms with Crippen molar-refractivity contribution in [2.75, 3.05) is 13.7 Å². The number of benzene rings is 3. The van der Waals surface area contributed by atoms with E-state index in [0.717, 1.165) is 23.1 Å². The van der Waals surface area contributed by atoms with Crippen molar-refractivity contribution < 1.29 is 9.53 Å². The molecule has 1 amide bonds. The predicted octanol–water partition coefficient (Wildman–Crippen LogP) is 3.75. The predicted molar refractivity (Wildman–Crippen MR) is 97.4 cm³/mol. The van der Waals surface area contributed by atoms with E-state index in [4.69, 9.17) is 4.74 Å². The highest BCUT2D eigenvalue weighted by Crippen LogP contribution is 2.22. The van der Waals surface area contributed by atoms with Gasteiger partial charge in [0.25, 0.3) is 0 Å². The minimum absolute atomic E-state index is 0.0589. The van der Waals surface area contributed by atoms with Crippen molar-refractivity contribution in [2.24, 2.45) is 0 Å². The lowest BCUT2D eigenvalue weighted by Gasteiger charge is -2.07. The first-order chi connectivity index (χ1) is 11.7. The molecule has 1 N–H and O–H groups in total. The molecule has 0 saturated carbocycles. The molecule has 122 valence electrons. The first-order valence-corrected chi connectivity index (χ1v) is 8.12. The summed E-state index contributed by atoms with van der Waals surface area (Å²) >= 11 is 0. The molecule has 24 heavy (non-hydrogen) atoms. The lowest BCUT2D eigenvalue weighted by Crippen LogP contribution is -2.27. The summed E-state index contributed by atoms with van der Waals surface area (Å²) in [4.78, 5) is 12.0. The highest BCUT2D eigenvalue weighted by Gasteiger charge is 2.03. The van der Waals surface area contributed by atoms with E-state index in [1.807, 2.05) is 42.5 Å². The van der Waals surface area contributed by atoms with Crippen LogP contribution in [0.5, 0.6) is 5.75 Å². The summed E-state index contributed by atoms with van der Waals surface area (Å²) in [7, 11) is 1.67. The number of nitrogens with one attached hydrogen (secondary N) is 1. The smallest absolute Gasteiger partial charge is 0.224 e. The second-order valence-electron chi connectivity index (χ2n) is 5.81. The van der Waals surface area contributed by atoms with E-state index in [2.05, 4.69) is 29.6 Å². The molecule has 0 aromatic heterocycles. The Bertz CT molecular complexity index is 828. The fraction of sp³-hybridized carbons (Fsp3) is 0.190. The van der Waals surface area contributed by atoms with Crippen LogP contribution in [0.15, 0.2) is 66.7 Å². The summed E-state index contributed by atoms with van der Waals surface area (Å²) in [6.45, 7) is 0.640. The van der Waals surface area contributed by atoms with Gasteiger partial charge in [-0.3, -0.25) is 4.79 Å². The van der Waals surface area contributed by atoms with Crippen LogP contribution in [-0.2, 0) is 17.6 Å². The standard InChI is InChI=1S/C21H21NO2/c1-24-20-10-9-18-8-7-17(13-19(18)15-20)11-12-22-21(23)14-16-5-3-2-4-6-16/h2-10,13,15H,11-12,14H2,1H3,(H,22,23). The molecule has 3 rings (SSSR count). The second kappa shape index (κ2) is 7.64. The van der Waals surface area contributed by atoms with Crippen LogP contribution < -0.4 is 10.1 Å². The number of rotatable bonds is 6. The van der Waals surface area contributed by atoms with Gasteiger partial charge in [0.05, 0.1) is 13.5 Å². The van der Waals surface area contributed by atoms with Gasteiger partial charge in [0.2, 0.25) is 5.91 Å². The van der Waals surface area contributed by atoms with E-state index in [0.29, 0.717) is 13.0 Å². The molecule has 0 spiro atoms. The van der Waals surface area contributed by atoms with Crippen LogP contribution in [0.4, 0.5) is 0 Å². The van der Waals surface area contributed by atoms with Gasteiger partial charge < -0.3 is 10.1 Å². The first-order valence-electron chi connectivity index (χ1n) is 8.12. The minimum Gasteiger partial charge on any atom is -0.497 e. The maximum Gasteiger partial charge on any atom is 0.224 e. The number of carbonyl (C=O) groups excluding carboxylic acids is 1. The van der Waals surface area contributed by atoms with Crippen molar-refractivity contribution in [1.29, 1.82) is 0 Å². The van der Waals surface area contributed by atoms with Crippen LogP contribution in [-0.4, -0.2) is 19.6 Å². The minimum atomic E-state index is 0.0589. The zero-order chi connectivity index (χ0) is 16.8. The van der Waals surface area contributed by atoms with Crippen LogP contribution >= 0.6 is 0 Å². The average Bonchev–Trinajstić information content (AvgIpc) is 2.62. The largest absolute Gasteiger partial charge is 0.497 e. The normalized spacial score (nSPS) is 10.5. The third-order valence-corrected chi connectivity index (χ3v) is 4.06. The Morgan fingerprint density at radius 2 is 1.71 bits per heavy atom. The maximum atomic E-state index is 12.0. The highest BCUT2D eigenvalue weighted by atomic mass is 16.5. The Balaban J connectivity index is 1.56. The molecule has 0 aliphatic carbocycles. The van der Waals surface area contributed by atoms with Crippen molar-refractivity contribution in [1.82, 2.24) is 5.32 Å². The van der Waals surface area contributed by atoms with Crippen molar-refractivity contribution in [3.05, 3.63) is 77.9 Å². The first kappa shape index (κ1) is 16.1. The molecule has 0 aliphatic rings. The Hall–Kier alpha value is -2.81. The van der Waals surface area contributed by atoms with Gasteiger partial charge in [0, 0.05) is 6.54 Å². The Kier molecular flexibility index (Phi) is 5.12. The molecule has 0 heterocycles. The van der Waals surface area contributed by atoms with E-state index < -0.39 is 0 Å². The maximum absolute atomic E-state index is 12.0. The van der Waals surface area contributed by atoms with Crippen LogP contribution in [0.25, 0.3) is 10.8 Å². The summed E-state index contributed by atoms with van der Waals surface area (Å²) in [5.74, 6) is 0.916. The molecule has 0 bridgehead atoms. The van der Waals surface area contributed by atoms with Crippen LogP contribution in [0.2, 0.25) is 0 Å². The molecule has 0 atom stereocenters. The van der Waals surface area contributed by atoms with E-state index >= 15 is 0 Å². The van der Waals surface area contributed by atoms with Crippen molar-refractivity contribution >= 4 is 16.7 Å². The summed E-state index contributed by atoms with van der Waals surface area (Å²) in [6, 6.07) is 22.2. The Labute approximate surface area is 142 Å². The van der Waals surface area contributed by atoms with Crippen LogP contribution in [0, 0.1) is 0 Å². The number of hydrogen-bond donors (Lipinski definition) is 1. The number of hydrogen-bond acceptors (Lipinski definition) is 2. The molecule has 3 aromatic rings. The molecule has 0 unspecified atom stereocenters. The molecule has 0 radical (unpaired) electrons. The molecule has 0 fully saturated rings. The number of fused-ring (bicyclic) bond motifs is 1. The summed E-state index contributed by atoms with van der Waals surface area (Å²) < 4.78 is 5.27. The van der Waals surface area contributed by atoms with Gasteiger partial charge in [-0.1, -0.05) is 54.6 Å².